The SMILES string of the molecule is N=C(N)c1cccc(COCc2ccc(Br)cc2)c1F. The third kappa shape index (κ3) is 3.65. The summed E-state index contributed by atoms with van der Waals surface area (Å²) in [5.41, 5.74) is 6.83. The fourth-order valence-electron chi connectivity index (χ4n) is 1.76. The molecule has 104 valence electrons. The first-order chi connectivity index (χ1) is 9.58. The third-order valence-corrected chi connectivity index (χ3v) is 3.34. The number of ether oxygens (including phenoxy) is 1. The van der Waals surface area contributed by atoms with E-state index in [0.29, 0.717) is 12.2 Å². The maximum absolute atomic E-state index is 14.0. The normalized spacial score (nSPS) is 10.5. The predicted octanol–water partition coefficient (Wildman–Crippen LogP) is 3.59. The Morgan fingerprint density at radius 2 is 1.85 bits per heavy atom. The van der Waals surface area contributed by atoms with Crippen LogP contribution in [0.25, 0.3) is 0 Å². The van der Waals surface area contributed by atoms with Crippen molar-refractivity contribution in [3.8, 4) is 0 Å². The lowest BCUT2D eigenvalue weighted by atomic mass is 10.1. The van der Waals surface area contributed by atoms with E-state index in [-0.39, 0.29) is 18.0 Å². The van der Waals surface area contributed by atoms with Gasteiger partial charge in [-0.25, -0.2) is 4.39 Å². The Labute approximate surface area is 125 Å². The van der Waals surface area contributed by atoms with E-state index in [1.165, 1.54) is 6.07 Å². The van der Waals surface area contributed by atoms with Crippen LogP contribution in [0.3, 0.4) is 0 Å². The molecule has 0 unspecified atom stereocenters. The van der Waals surface area contributed by atoms with E-state index in [1.54, 1.807) is 12.1 Å². The number of benzene rings is 2. The largest absolute Gasteiger partial charge is 0.384 e. The Bertz CT molecular complexity index is 614. The predicted molar refractivity (Wildman–Crippen MR) is 80.1 cm³/mol. The van der Waals surface area contributed by atoms with Crippen molar-refractivity contribution in [2.75, 3.05) is 0 Å². The minimum Gasteiger partial charge on any atom is -0.384 e. The summed E-state index contributed by atoms with van der Waals surface area (Å²) in [4.78, 5) is 0. The van der Waals surface area contributed by atoms with Gasteiger partial charge in [-0.3, -0.25) is 5.41 Å². The van der Waals surface area contributed by atoms with Crippen molar-refractivity contribution < 1.29 is 9.13 Å². The molecule has 0 amide bonds. The summed E-state index contributed by atoms with van der Waals surface area (Å²) in [5, 5.41) is 7.30. The Kier molecular flexibility index (Phi) is 4.87. The number of hydrogen-bond donors (Lipinski definition) is 2. The first-order valence-electron chi connectivity index (χ1n) is 6.02. The van der Waals surface area contributed by atoms with Gasteiger partial charge in [-0.2, -0.15) is 0 Å². The number of nitrogen functional groups attached to an aromatic ring is 1. The van der Waals surface area contributed by atoms with Crippen LogP contribution in [-0.4, -0.2) is 5.84 Å². The lowest BCUT2D eigenvalue weighted by molar-refractivity contribution is 0.105. The molecule has 0 fully saturated rings. The second-order valence-corrected chi connectivity index (χ2v) is 5.23. The average molecular weight is 337 g/mol. The molecule has 2 rings (SSSR count). The van der Waals surface area contributed by atoms with Crippen LogP contribution >= 0.6 is 15.9 Å². The maximum atomic E-state index is 14.0. The molecule has 5 heteroatoms. The molecule has 3 nitrogen and oxygen atoms in total. The van der Waals surface area contributed by atoms with Crippen molar-refractivity contribution in [1.29, 1.82) is 5.41 Å². The molecule has 0 aliphatic rings. The summed E-state index contributed by atoms with van der Waals surface area (Å²) in [7, 11) is 0. The minimum atomic E-state index is -0.490. The quantitative estimate of drug-likeness (QED) is 0.647. The summed E-state index contributed by atoms with van der Waals surface area (Å²) in [5.74, 6) is -0.770. The van der Waals surface area contributed by atoms with Crippen LogP contribution in [0, 0.1) is 11.2 Å². The van der Waals surface area contributed by atoms with Crippen molar-refractivity contribution >= 4 is 21.8 Å². The first-order valence-corrected chi connectivity index (χ1v) is 6.81. The highest BCUT2D eigenvalue weighted by Gasteiger charge is 2.10. The van der Waals surface area contributed by atoms with Gasteiger partial charge in [0.05, 0.1) is 18.8 Å². The first kappa shape index (κ1) is 14.7. The molecule has 0 saturated heterocycles. The number of hydrogen-bond acceptors (Lipinski definition) is 2. The highest BCUT2D eigenvalue weighted by molar-refractivity contribution is 9.10. The third-order valence-electron chi connectivity index (χ3n) is 2.81. The van der Waals surface area contributed by atoms with E-state index in [1.807, 2.05) is 24.3 Å². The summed E-state index contributed by atoms with van der Waals surface area (Å²) in [6.07, 6.45) is 0. The fourth-order valence-corrected chi connectivity index (χ4v) is 2.02. The second kappa shape index (κ2) is 6.63. The van der Waals surface area contributed by atoms with Gasteiger partial charge < -0.3 is 10.5 Å². The van der Waals surface area contributed by atoms with Crippen LogP contribution in [-0.2, 0) is 18.0 Å². The Hall–Kier alpha value is -1.72. The smallest absolute Gasteiger partial charge is 0.139 e. The fraction of sp³-hybridized carbons (Fsp3) is 0.133. The zero-order chi connectivity index (χ0) is 14.5. The van der Waals surface area contributed by atoms with Gasteiger partial charge in [-0.15, -0.1) is 0 Å². The lowest BCUT2D eigenvalue weighted by Crippen LogP contribution is -2.14. The van der Waals surface area contributed by atoms with Crippen LogP contribution in [0.5, 0.6) is 0 Å². The molecule has 20 heavy (non-hydrogen) atoms. The van der Waals surface area contributed by atoms with Crippen molar-refractivity contribution in [2.24, 2.45) is 5.73 Å². The molecule has 0 spiro atoms. The van der Waals surface area contributed by atoms with E-state index in [0.717, 1.165) is 10.0 Å². The lowest BCUT2D eigenvalue weighted by Gasteiger charge is -2.08. The highest BCUT2D eigenvalue weighted by Crippen LogP contribution is 2.15. The van der Waals surface area contributed by atoms with Gasteiger partial charge in [0.2, 0.25) is 0 Å². The number of amidine groups is 1. The van der Waals surface area contributed by atoms with E-state index in [9.17, 15) is 4.39 Å². The molecule has 0 atom stereocenters. The Morgan fingerprint density at radius 3 is 2.50 bits per heavy atom. The number of nitrogens with one attached hydrogen (secondary N) is 1. The van der Waals surface area contributed by atoms with Crippen molar-refractivity contribution in [2.45, 2.75) is 13.2 Å². The number of halogens is 2. The Balaban J connectivity index is 1.99. The molecule has 0 aliphatic carbocycles. The average Bonchev–Trinajstić information content (AvgIpc) is 2.42. The molecule has 0 saturated carbocycles. The van der Waals surface area contributed by atoms with E-state index in [4.69, 9.17) is 15.9 Å². The molecule has 2 aromatic rings. The van der Waals surface area contributed by atoms with Gasteiger partial charge in [0.25, 0.3) is 0 Å². The van der Waals surface area contributed by atoms with Crippen molar-refractivity contribution in [1.82, 2.24) is 0 Å². The monoisotopic (exact) mass is 336 g/mol. The zero-order valence-electron chi connectivity index (χ0n) is 10.7. The summed E-state index contributed by atoms with van der Waals surface area (Å²) < 4.78 is 20.5. The zero-order valence-corrected chi connectivity index (χ0v) is 12.3. The molecule has 0 aliphatic heterocycles. The van der Waals surface area contributed by atoms with Crippen molar-refractivity contribution in [3.63, 3.8) is 0 Å². The van der Waals surface area contributed by atoms with Gasteiger partial charge >= 0.3 is 0 Å². The minimum absolute atomic E-state index is 0.106. The summed E-state index contributed by atoms with van der Waals surface area (Å²) >= 11 is 3.36. The topological polar surface area (TPSA) is 59.1 Å². The molecular weight excluding hydrogens is 323 g/mol. The van der Waals surface area contributed by atoms with Crippen LogP contribution in [0.2, 0.25) is 0 Å². The molecule has 0 radical (unpaired) electrons. The van der Waals surface area contributed by atoms with Gasteiger partial charge in [0.1, 0.15) is 11.7 Å². The Morgan fingerprint density at radius 1 is 1.15 bits per heavy atom. The van der Waals surface area contributed by atoms with Gasteiger partial charge in [-0.05, 0) is 23.8 Å². The molecule has 0 bridgehead atoms. The van der Waals surface area contributed by atoms with Crippen LogP contribution in [0.4, 0.5) is 4.39 Å². The molecular formula is C15H14BrFN2O. The maximum Gasteiger partial charge on any atom is 0.139 e. The van der Waals surface area contributed by atoms with E-state index >= 15 is 0 Å². The van der Waals surface area contributed by atoms with E-state index in [2.05, 4.69) is 15.9 Å². The number of nitrogens with two attached hydrogens (primary N) is 1. The molecule has 2 aromatic carbocycles. The van der Waals surface area contributed by atoms with E-state index < -0.39 is 5.82 Å². The van der Waals surface area contributed by atoms with Gasteiger partial charge in [0, 0.05) is 10.0 Å². The van der Waals surface area contributed by atoms with Crippen molar-refractivity contribution in [3.05, 3.63) is 69.4 Å². The van der Waals surface area contributed by atoms with Crippen LogP contribution in [0.15, 0.2) is 46.9 Å². The molecule has 0 heterocycles. The van der Waals surface area contributed by atoms with Gasteiger partial charge in [-0.1, -0.05) is 40.2 Å². The van der Waals surface area contributed by atoms with Crippen LogP contribution in [0.1, 0.15) is 16.7 Å². The molecule has 0 aromatic heterocycles. The van der Waals surface area contributed by atoms with Gasteiger partial charge in [0.15, 0.2) is 0 Å². The van der Waals surface area contributed by atoms with Crippen LogP contribution < -0.4 is 5.73 Å². The standard InChI is InChI=1S/C15H14BrFN2O/c16-12-6-4-10(5-7-12)8-20-9-11-2-1-3-13(14(11)17)15(18)19/h1-7H,8-9H2,(H3,18,19). The second-order valence-electron chi connectivity index (χ2n) is 4.31. The molecule has 3 N–H and O–H groups in total. The number of rotatable bonds is 5. The highest BCUT2D eigenvalue weighted by atomic mass is 79.9. The summed E-state index contributed by atoms with van der Waals surface area (Å²) in [6, 6.07) is 12.5. The summed E-state index contributed by atoms with van der Waals surface area (Å²) in [6.45, 7) is 0.542.